The number of nitrogens with one attached hydrogen (secondary N) is 2. The first-order valence-electron chi connectivity index (χ1n) is 7.34. The van der Waals surface area contributed by atoms with Crippen molar-refractivity contribution in [1.29, 1.82) is 0 Å². The van der Waals surface area contributed by atoms with Crippen LogP contribution in [-0.4, -0.2) is 44.8 Å². The Labute approximate surface area is 152 Å². The molecule has 1 aromatic heterocycles. The lowest BCUT2D eigenvalue weighted by molar-refractivity contribution is -0.123. The van der Waals surface area contributed by atoms with Crippen molar-refractivity contribution < 1.29 is 28.3 Å². The summed E-state index contributed by atoms with van der Waals surface area (Å²) < 4.78 is 16.0. The molecule has 3 amide bonds. The summed E-state index contributed by atoms with van der Waals surface area (Å²) in [4.78, 5) is 35.1. The van der Waals surface area contributed by atoms with Gasteiger partial charge in [0.2, 0.25) is 5.76 Å². The van der Waals surface area contributed by atoms with E-state index in [2.05, 4.69) is 21.2 Å². The zero-order chi connectivity index (χ0) is 18.4. The number of hydrogen-bond donors (Lipinski definition) is 2. The van der Waals surface area contributed by atoms with Gasteiger partial charge >= 0.3 is 12.0 Å². The third-order valence-electron chi connectivity index (χ3n) is 3.26. The molecule has 25 heavy (non-hydrogen) atoms. The molecule has 2 rings (SSSR count). The molecule has 0 radical (unpaired) electrons. The molecule has 1 aromatic carbocycles. The van der Waals surface area contributed by atoms with E-state index in [0.29, 0.717) is 17.8 Å². The van der Waals surface area contributed by atoms with Gasteiger partial charge in [-0.1, -0.05) is 15.9 Å². The number of imide groups is 1. The second kappa shape index (κ2) is 8.63. The highest BCUT2D eigenvalue weighted by Gasteiger charge is 2.20. The molecule has 0 atom stereocenters. The highest BCUT2D eigenvalue weighted by molar-refractivity contribution is 9.10. The first-order chi connectivity index (χ1) is 11.9. The zero-order valence-corrected chi connectivity index (χ0v) is 15.3. The molecular weight excluding hydrogens is 396 g/mol. The molecule has 0 aliphatic carbocycles. The molecular formula is C16H17BrN2O6. The van der Waals surface area contributed by atoms with Crippen molar-refractivity contribution in [1.82, 2.24) is 10.6 Å². The van der Waals surface area contributed by atoms with Crippen molar-refractivity contribution in [3.63, 3.8) is 0 Å². The number of esters is 1. The van der Waals surface area contributed by atoms with Crippen molar-refractivity contribution >= 4 is 44.8 Å². The Morgan fingerprint density at radius 1 is 1.28 bits per heavy atom. The summed E-state index contributed by atoms with van der Waals surface area (Å²) in [5.41, 5.74) is 1.15. The van der Waals surface area contributed by atoms with Gasteiger partial charge in [0, 0.05) is 29.1 Å². The maximum absolute atomic E-state index is 12.1. The number of methoxy groups -OCH3 is 1. The van der Waals surface area contributed by atoms with E-state index in [9.17, 15) is 14.4 Å². The molecule has 0 bridgehead atoms. The van der Waals surface area contributed by atoms with Gasteiger partial charge in [-0.15, -0.1) is 0 Å². The van der Waals surface area contributed by atoms with Gasteiger partial charge in [-0.05, 0) is 25.1 Å². The highest BCUT2D eigenvalue weighted by atomic mass is 79.9. The number of furan rings is 1. The highest BCUT2D eigenvalue weighted by Crippen LogP contribution is 2.28. The maximum Gasteiger partial charge on any atom is 0.375 e. The Morgan fingerprint density at radius 3 is 2.76 bits per heavy atom. The second-order valence-electron chi connectivity index (χ2n) is 5.07. The predicted octanol–water partition coefficient (Wildman–Crippen LogP) is 2.13. The first kappa shape index (κ1) is 18.9. The van der Waals surface area contributed by atoms with Crippen LogP contribution < -0.4 is 10.6 Å². The lowest BCUT2D eigenvalue weighted by atomic mass is 10.1. The minimum absolute atomic E-state index is 0.0189. The van der Waals surface area contributed by atoms with Gasteiger partial charge in [0.25, 0.3) is 5.91 Å². The summed E-state index contributed by atoms with van der Waals surface area (Å²) in [6.07, 6.45) is 0. The van der Waals surface area contributed by atoms with Crippen LogP contribution in [0.3, 0.4) is 0 Å². The Morgan fingerprint density at radius 2 is 2.04 bits per heavy atom. The lowest BCUT2D eigenvalue weighted by Crippen LogP contribution is -2.42. The van der Waals surface area contributed by atoms with E-state index < -0.39 is 24.5 Å². The van der Waals surface area contributed by atoms with E-state index in [-0.39, 0.29) is 12.3 Å². The minimum atomic E-state index is -0.778. The zero-order valence-electron chi connectivity index (χ0n) is 13.7. The van der Waals surface area contributed by atoms with Crippen LogP contribution in [0.4, 0.5) is 4.79 Å². The summed E-state index contributed by atoms with van der Waals surface area (Å²) >= 11 is 3.35. The van der Waals surface area contributed by atoms with Crippen molar-refractivity contribution in [3.05, 3.63) is 34.0 Å². The monoisotopic (exact) mass is 412 g/mol. The summed E-state index contributed by atoms with van der Waals surface area (Å²) in [5.74, 6) is -1.51. The number of benzene rings is 1. The molecule has 0 aliphatic rings. The normalized spacial score (nSPS) is 10.5. The van der Waals surface area contributed by atoms with Crippen molar-refractivity contribution in [3.8, 4) is 0 Å². The van der Waals surface area contributed by atoms with Gasteiger partial charge < -0.3 is 19.2 Å². The number of aryl methyl sites for hydroxylation is 1. The first-order valence-corrected chi connectivity index (χ1v) is 8.14. The molecule has 0 aliphatic heterocycles. The van der Waals surface area contributed by atoms with E-state index >= 15 is 0 Å². The van der Waals surface area contributed by atoms with E-state index in [1.54, 1.807) is 19.1 Å². The molecule has 0 saturated carbocycles. The molecule has 2 aromatic rings. The van der Waals surface area contributed by atoms with Crippen LogP contribution in [0.25, 0.3) is 11.0 Å². The van der Waals surface area contributed by atoms with Crippen LogP contribution in [-0.2, 0) is 14.3 Å². The third kappa shape index (κ3) is 5.04. The molecule has 0 unspecified atom stereocenters. The van der Waals surface area contributed by atoms with Crippen molar-refractivity contribution in [2.45, 2.75) is 6.92 Å². The number of hydrogen-bond acceptors (Lipinski definition) is 6. The number of fused-ring (bicyclic) bond motifs is 1. The van der Waals surface area contributed by atoms with Crippen LogP contribution in [0.15, 0.2) is 27.1 Å². The van der Waals surface area contributed by atoms with E-state index in [1.807, 2.05) is 11.4 Å². The van der Waals surface area contributed by atoms with Crippen LogP contribution in [0.1, 0.15) is 16.1 Å². The molecule has 1 heterocycles. The molecule has 8 nitrogen and oxygen atoms in total. The fourth-order valence-electron chi connectivity index (χ4n) is 2.06. The lowest BCUT2D eigenvalue weighted by Gasteiger charge is -2.06. The smallest absolute Gasteiger partial charge is 0.375 e. The quantitative estimate of drug-likeness (QED) is 0.555. The summed E-state index contributed by atoms with van der Waals surface area (Å²) in [5, 5.41) is 5.21. The van der Waals surface area contributed by atoms with Gasteiger partial charge in [-0.3, -0.25) is 10.1 Å². The Kier molecular flexibility index (Phi) is 6.54. The van der Waals surface area contributed by atoms with Gasteiger partial charge in [0.15, 0.2) is 6.61 Å². The second-order valence-corrected chi connectivity index (χ2v) is 5.99. The predicted molar refractivity (Wildman–Crippen MR) is 92.4 cm³/mol. The molecule has 0 fully saturated rings. The Hall–Kier alpha value is -2.39. The fraction of sp³-hybridized carbons (Fsp3) is 0.312. The topological polar surface area (TPSA) is 107 Å². The third-order valence-corrected chi connectivity index (χ3v) is 3.76. The summed E-state index contributed by atoms with van der Waals surface area (Å²) in [6.45, 7) is 1.69. The number of carbonyl (C=O) groups is 3. The average Bonchev–Trinajstić information content (AvgIpc) is 2.89. The molecule has 0 spiro atoms. The largest absolute Gasteiger partial charge is 0.450 e. The average molecular weight is 413 g/mol. The molecule has 134 valence electrons. The number of urea groups is 1. The van der Waals surface area contributed by atoms with Crippen LogP contribution in [0.2, 0.25) is 0 Å². The summed E-state index contributed by atoms with van der Waals surface area (Å²) in [6, 6.07) is 4.64. The van der Waals surface area contributed by atoms with Crippen LogP contribution in [0, 0.1) is 6.92 Å². The number of amides is 3. The molecule has 9 heteroatoms. The molecule has 0 saturated heterocycles. The maximum atomic E-state index is 12.1. The molecule has 2 N–H and O–H groups in total. The Balaban J connectivity index is 1.91. The van der Waals surface area contributed by atoms with Gasteiger partial charge in [-0.25, -0.2) is 9.59 Å². The van der Waals surface area contributed by atoms with E-state index in [1.165, 1.54) is 7.11 Å². The number of ether oxygens (including phenoxy) is 2. The van der Waals surface area contributed by atoms with Gasteiger partial charge in [-0.2, -0.15) is 0 Å². The number of rotatable bonds is 6. The van der Waals surface area contributed by atoms with Crippen LogP contribution in [0.5, 0.6) is 0 Å². The van der Waals surface area contributed by atoms with E-state index in [4.69, 9.17) is 13.9 Å². The standard InChI is InChI=1S/C16H17BrN2O6/c1-9-11-7-10(17)3-4-12(11)25-14(9)15(21)24-8-13(20)19-16(22)18-5-6-23-2/h3-4,7H,5-6,8H2,1-2H3,(H2,18,19,20,22). The van der Waals surface area contributed by atoms with Crippen molar-refractivity contribution in [2.75, 3.05) is 26.9 Å². The fourth-order valence-corrected chi connectivity index (χ4v) is 2.42. The number of halogens is 1. The van der Waals surface area contributed by atoms with Gasteiger partial charge in [0.1, 0.15) is 5.58 Å². The van der Waals surface area contributed by atoms with Gasteiger partial charge in [0.05, 0.1) is 6.61 Å². The minimum Gasteiger partial charge on any atom is -0.450 e. The Bertz CT molecular complexity index is 801. The number of carbonyl (C=O) groups excluding carboxylic acids is 3. The van der Waals surface area contributed by atoms with Crippen molar-refractivity contribution in [2.24, 2.45) is 0 Å². The van der Waals surface area contributed by atoms with Crippen LogP contribution >= 0.6 is 15.9 Å². The summed E-state index contributed by atoms with van der Waals surface area (Å²) in [7, 11) is 1.49. The SMILES string of the molecule is COCCNC(=O)NC(=O)COC(=O)c1oc2ccc(Br)cc2c1C. The van der Waals surface area contributed by atoms with E-state index in [0.717, 1.165) is 9.86 Å².